The minimum atomic E-state index is -0.310. The summed E-state index contributed by atoms with van der Waals surface area (Å²) in [6.07, 6.45) is 1.83. The van der Waals surface area contributed by atoms with E-state index in [0.717, 1.165) is 18.4 Å². The van der Waals surface area contributed by atoms with E-state index in [4.69, 9.17) is 9.47 Å². The van der Waals surface area contributed by atoms with Crippen molar-refractivity contribution in [1.82, 2.24) is 9.80 Å². The number of likely N-dealkylation sites (tertiary alicyclic amines) is 1. The molecule has 1 aromatic carbocycles. The molecule has 1 aromatic rings. The summed E-state index contributed by atoms with van der Waals surface area (Å²) >= 11 is 0. The average molecular weight is 390 g/mol. The second-order valence-electron chi connectivity index (χ2n) is 8.04. The lowest BCUT2D eigenvalue weighted by atomic mass is 9.71. The second kappa shape index (κ2) is 8.17. The Morgan fingerprint density at radius 1 is 1.00 bits per heavy atom. The summed E-state index contributed by atoms with van der Waals surface area (Å²) in [5.74, 6) is -0.363. The van der Waals surface area contributed by atoms with Gasteiger partial charge in [0.25, 0.3) is 0 Å². The van der Waals surface area contributed by atoms with Crippen molar-refractivity contribution in [2.75, 3.05) is 52.6 Å². The fourth-order valence-electron chi connectivity index (χ4n) is 4.68. The predicted molar refractivity (Wildman–Crippen MR) is 100 cm³/mol. The molecule has 0 radical (unpaired) electrons. The van der Waals surface area contributed by atoms with Gasteiger partial charge in [-0.25, -0.2) is 4.39 Å². The van der Waals surface area contributed by atoms with Gasteiger partial charge in [-0.15, -0.1) is 0 Å². The molecule has 4 rings (SSSR count). The van der Waals surface area contributed by atoms with Crippen molar-refractivity contribution in [3.8, 4) is 0 Å². The zero-order valence-electron chi connectivity index (χ0n) is 16.1. The monoisotopic (exact) mass is 390 g/mol. The van der Waals surface area contributed by atoms with E-state index in [9.17, 15) is 14.0 Å². The van der Waals surface area contributed by atoms with Gasteiger partial charge in [0.05, 0.1) is 25.6 Å². The molecule has 7 heteroatoms. The first kappa shape index (κ1) is 19.3. The first-order valence-corrected chi connectivity index (χ1v) is 10.0. The van der Waals surface area contributed by atoms with Crippen molar-refractivity contribution in [2.45, 2.75) is 19.3 Å². The Balaban J connectivity index is 1.49. The summed E-state index contributed by atoms with van der Waals surface area (Å²) in [4.78, 5) is 29.9. The first-order valence-electron chi connectivity index (χ1n) is 10.0. The van der Waals surface area contributed by atoms with Gasteiger partial charge in [0.1, 0.15) is 5.82 Å². The standard InChI is InChI=1S/C21H27FN2O4/c22-17-3-1-16(2-4-17)13-19(25)24-14-18(20(26)23-7-11-28-12-8-23)21(15-24)5-9-27-10-6-21/h1-4,18H,5-15H2/t18-/m0/s1. The van der Waals surface area contributed by atoms with Crippen LogP contribution in [0.1, 0.15) is 18.4 Å². The van der Waals surface area contributed by atoms with E-state index in [2.05, 4.69) is 0 Å². The Labute approximate surface area is 164 Å². The molecule has 3 heterocycles. The largest absolute Gasteiger partial charge is 0.381 e. The van der Waals surface area contributed by atoms with Gasteiger partial charge in [0, 0.05) is 44.8 Å². The maximum atomic E-state index is 13.3. The molecule has 1 spiro atoms. The number of halogens is 1. The molecule has 3 saturated heterocycles. The fraction of sp³-hybridized carbons (Fsp3) is 0.619. The Hall–Kier alpha value is -1.99. The summed E-state index contributed by atoms with van der Waals surface area (Å²) in [5, 5.41) is 0. The van der Waals surface area contributed by atoms with E-state index in [1.54, 1.807) is 12.1 Å². The smallest absolute Gasteiger partial charge is 0.228 e. The van der Waals surface area contributed by atoms with Crippen LogP contribution in [0.5, 0.6) is 0 Å². The van der Waals surface area contributed by atoms with Crippen molar-refractivity contribution < 1.29 is 23.5 Å². The van der Waals surface area contributed by atoms with Gasteiger partial charge in [-0.3, -0.25) is 9.59 Å². The van der Waals surface area contributed by atoms with E-state index in [1.165, 1.54) is 12.1 Å². The van der Waals surface area contributed by atoms with Crippen molar-refractivity contribution in [3.05, 3.63) is 35.6 Å². The molecule has 1 atom stereocenters. The zero-order valence-corrected chi connectivity index (χ0v) is 16.1. The number of morpholine rings is 1. The number of amides is 2. The number of benzene rings is 1. The molecule has 0 N–H and O–H groups in total. The molecule has 0 bridgehead atoms. The number of carbonyl (C=O) groups excluding carboxylic acids is 2. The molecular formula is C21H27FN2O4. The Morgan fingerprint density at radius 2 is 1.64 bits per heavy atom. The maximum Gasteiger partial charge on any atom is 0.228 e. The van der Waals surface area contributed by atoms with Crippen molar-refractivity contribution in [3.63, 3.8) is 0 Å². The van der Waals surface area contributed by atoms with Gasteiger partial charge >= 0.3 is 0 Å². The van der Waals surface area contributed by atoms with Crippen LogP contribution in [0.15, 0.2) is 24.3 Å². The molecule has 152 valence electrons. The fourth-order valence-corrected chi connectivity index (χ4v) is 4.68. The van der Waals surface area contributed by atoms with Crippen LogP contribution in [-0.2, 0) is 25.5 Å². The van der Waals surface area contributed by atoms with Crippen LogP contribution in [0.2, 0.25) is 0 Å². The number of nitrogens with zero attached hydrogens (tertiary/aromatic N) is 2. The van der Waals surface area contributed by atoms with Gasteiger partial charge in [0.2, 0.25) is 11.8 Å². The molecular weight excluding hydrogens is 363 g/mol. The third-order valence-electron chi connectivity index (χ3n) is 6.38. The highest BCUT2D eigenvalue weighted by atomic mass is 19.1. The van der Waals surface area contributed by atoms with Crippen LogP contribution in [0.4, 0.5) is 4.39 Å². The molecule has 0 unspecified atom stereocenters. The highest BCUT2D eigenvalue weighted by molar-refractivity contribution is 5.84. The summed E-state index contributed by atoms with van der Waals surface area (Å²) in [7, 11) is 0. The van der Waals surface area contributed by atoms with Crippen LogP contribution in [-0.4, -0.2) is 74.2 Å². The molecule has 0 aromatic heterocycles. The molecule has 0 aliphatic carbocycles. The summed E-state index contributed by atoms with van der Waals surface area (Å²) in [5.41, 5.74) is 0.585. The Kier molecular flexibility index (Phi) is 5.64. The van der Waals surface area contributed by atoms with Gasteiger partial charge < -0.3 is 19.3 Å². The molecule has 3 aliphatic heterocycles. The summed E-state index contributed by atoms with van der Waals surface area (Å²) < 4.78 is 24.0. The number of ether oxygens (including phenoxy) is 2. The predicted octanol–water partition coefficient (Wildman–Crippen LogP) is 1.48. The molecule has 3 aliphatic rings. The topological polar surface area (TPSA) is 59.1 Å². The van der Waals surface area contributed by atoms with Gasteiger partial charge in [-0.05, 0) is 30.5 Å². The van der Waals surface area contributed by atoms with Crippen LogP contribution >= 0.6 is 0 Å². The molecule has 6 nitrogen and oxygen atoms in total. The van der Waals surface area contributed by atoms with Gasteiger partial charge in [0.15, 0.2) is 0 Å². The minimum Gasteiger partial charge on any atom is -0.381 e. The van der Waals surface area contributed by atoms with Crippen LogP contribution in [0.3, 0.4) is 0 Å². The number of hydrogen-bond acceptors (Lipinski definition) is 4. The molecule has 3 fully saturated rings. The van der Waals surface area contributed by atoms with Gasteiger partial charge in [-0.1, -0.05) is 12.1 Å². The molecule has 0 saturated carbocycles. The second-order valence-corrected chi connectivity index (χ2v) is 8.04. The van der Waals surface area contributed by atoms with Crippen molar-refractivity contribution in [2.24, 2.45) is 11.3 Å². The van der Waals surface area contributed by atoms with E-state index < -0.39 is 0 Å². The van der Waals surface area contributed by atoms with Crippen molar-refractivity contribution in [1.29, 1.82) is 0 Å². The molecule has 2 amide bonds. The Bertz CT molecular complexity index is 712. The Morgan fingerprint density at radius 3 is 2.32 bits per heavy atom. The highest BCUT2D eigenvalue weighted by Crippen LogP contribution is 2.45. The average Bonchev–Trinajstić information content (AvgIpc) is 3.09. The summed E-state index contributed by atoms with van der Waals surface area (Å²) in [6.45, 7) is 4.69. The zero-order chi connectivity index (χ0) is 19.6. The minimum absolute atomic E-state index is 0.00486. The van der Waals surface area contributed by atoms with E-state index in [0.29, 0.717) is 52.6 Å². The highest BCUT2D eigenvalue weighted by Gasteiger charge is 2.52. The normalized spacial score (nSPS) is 24.5. The third kappa shape index (κ3) is 3.91. The molecule has 28 heavy (non-hydrogen) atoms. The van der Waals surface area contributed by atoms with Gasteiger partial charge in [-0.2, -0.15) is 0 Å². The van der Waals surface area contributed by atoms with E-state index >= 15 is 0 Å². The van der Waals surface area contributed by atoms with Crippen LogP contribution in [0, 0.1) is 17.2 Å². The number of carbonyl (C=O) groups is 2. The quantitative estimate of drug-likeness (QED) is 0.785. The lowest BCUT2D eigenvalue weighted by Crippen LogP contribution is -2.49. The third-order valence-corrected chi connectivity index (χ3v) is 6.38. The number of hydrogen-bond donors (Lipinski definition) is 0. The lowest BCUT2D eigenvalue weighted by Gasteiger charge is -2.39. The van der Waals surface area contributed by atoms with E-state index in [1.807, 2.05) is 9.80 Å². The first-order chi connectivity index (χ1) is 13.6. The van der Waals surface area contributed by atoms with Crippen LogP contribution in [0.25, 0.3) is 0 Å². The summed E-state index contributed by atoms with van der Waals surface area (Å²) in [6, 6.07) is 6.03. The van der Waals surface area contributed by atoms with Crippen molar-refractivity contribution >= 4 is 11.8 Å². The maximum absolute atomic E-state index is 13.3. The van der Waals surface area contributed by atoms with E-state index in [-0.39, 0.29) is 35.4 Å². The number of rotatable bonds is 3. The lowest BCUT2D eigenvalue weighted by molar-refractivity contribution is -0.144. The SMILES string of the molecule is O=C(Cc1ccc(F)cc1)N1C[C@@H](C(=O)N2CCOCC2)C2(CCOCC2)C1. The van der Waals surface area contributed by atoms with Crippen LogP contribution < -0.4 is 0 Å².